The third kappa shape index (κ3) is 2.87. The Morgan fingerprint density at radius 2 is 2.08 bits per heavy atom. The van der Waals surface area contributed by atoms with Gasteiger partial charge < -0.3 is 15.2 Å². The maximum atomic E-state index is 13.1. The number of para-hydroxylation sites is 1. The molecule has 4 rings (SSSR count). The van der Waals surface area contributed by atoms with E-state index >= 15 is 0 Å². The van der Waals surface area contributed by atoms with Crippen LogP contribution in [0.3, 0.4) is 0 Å². The van der Waals surface area contributed by atoms with Gasteiger partial charge in [-0.25, -0.2) is 4.79 Å². The minimum Gasteiger partial charge on any atom is -0.491 e. The van der Waals surface area contributed by atoms with Crippen molar-refractivity contribution in [2.45, 2.75) is 30.9 Å². The lowest BCUT2D eigenvalue weighted by atomic mass is 9.80. The van der Waals surface area contributed by atoms with E-state index in [2.05, 4.69) is 5.32 Å². The molecule has 2 N–H and O–H groups in total. The minimum atomic E-state index is -0.968. The molecule has 1 aromatic carbocycles. The van der Waals surface area contributed by atoms with Gasteiger partial charge in [0.2, 0.25) is 0 Å². The van der Waals surface area contributed by atoms with Gasteiger partial charge in [0.1, 0.15) is 24.0 Å². The Kier molecular flexibility index (Phi) is 4.42. The predicted octanol–water partition coefficient (Wildman–Crippen LogP) is 2.27. The van der Waals surface area contributed by atoms with E-state index in [0.717, 1.165) is 28.2 Å². The maximum absolute atomic E-state index is 13.1. The number of benzene rings is 1. The molecule has 26 heavy (non-hydrogen) atoms. The molecule has 0 bridgehead atoms. The molecule has 2 aliphatic rings. The molecular formula is C19H20N2O4S. The predicted molar refractivity (Wildman–Crippen MR) is 97.1 cm³/mol. The van der Waals surface area contributed by atoms with Gasteiger partial charge in [0.15, 0.2) is 0 Å². The highest BCUT2D eigenvalue weighted by atomic mass is 32.1. The summed E-state index contributed by atoms with van der Waals surface area (Å²) in [6.07, 6.45) is 1.43. The highest BCUT2D eigenvalue weighted by molar-refractivity contribution is 7.10. The molecule has 1 aliphatic heterocycles. The number of rotatable bonds is 5. The zero-order chi connectivity index (χ0) is 18.1. The van der Waals surface area contributed by atoms with Crippen LogP contribution >= 0.6 is 11.3 Å². The van der Waals surface area contributed by atoms with Crippen molar-refractivity contribution in [2.75, 3.05) is 13.2 Å². The Hall–Kier alpha value is -2.38. The number of aliphatic hydroxyl groups is 1. The van der Waals surface area contributed by atoms with Crippen molar-refractivity contribution in [2.24, 2.45) is 0 Å². The summed E-state index contributed by atoms with van der Waals surface area (Å²) in [5, 5.41) is 15.1. The topological polar surface area (TPSA) is 78.9 Å². The average Bonchev–Trinajstić information content (AvgIpc) is 3.22. The summed E-state index contributed by atoms with van der Waals surface area (Å²) in [4.78, 5) is 27.8. The first-order valence-corrected chi connectivity index (χ1v) is 9.55. The molecule has 0 radical (unpaired) electrons. The van der Waals surface area contributed by atoms with Gasteiger partial charge in [-0.05, 0) is 42.8 Å². The van der Waals surface area contributed by atoms with Gasteiger partial charge >= 0.3 is 6.03 Å². The fourth-order valence-electron chi connectivity index (χ4n) is 3.68. The van der Waals surface area contributed by atoms with Gasteiger partial charge in [-0.2, -0.15) is 0 Å². The van der Waals surface area contributed by atoms with E-state index in [0.29, 0.717) is 12.2 Å². The first-order valence-electron chi connectivity index (χ1n) is 8.67. The normalized spacial score (nSPS) is 23.0. The largest absolute Gasteiger partial charge is 0.491 e. The second kappa shape index (κ2) is 6.74. The fourth-order valence-corrected chi connectivity index (χ4v) is 4.68. The van der Waals surface area contributed by atoms with E-state index in [1.807, 2.05) is 29.6 Å². The van der Waals surface area contributed by atoms with E-state index in [4.69, 9.17) is 4.74 Å². The van der Waals surface area contributed by atoms with Crippen molar-refractivity contribution in [3.05, 3.63) is 52.2 Å². The Labute approximate surface area is 155 Å². The number of amides is 3. The quantitative estimate of drug-likeness (QED) is 0.789. The summed E-state index contributed by atoms with van der Waals surface area (Å²) in [5.41, 5.74) is -0.0605. The van der Waals surface area contributed by atoms with E-state index < -0.39 is 17.7 Å². The Bertz CT molecular complexity index is 822. The molecule has 1 saturated heterocycles. The van der Waals surface area contributed by atoms with Gasteiger partial charge in [0.05, 0.1) is 6.54 Å². The summed E-state index contributed by atoms with van der Waals surface area (Å²) >= 11 is 1.62. The van der Waals surface area contributed by atoms with Crippen molar-refractivity contribution >= 4 is 23.3 Å². The average molecular weight is 372 g/mol. The molecular weight excluding hydrogens is 352 g/mol. The standard InChI is InChI=1S/C19H20N2O4S/c22-13(12-25-14-5-2-1-3-6-14)11-21-17(23)19(20-18(21)24)9-4-7-16-15(19)8-10-26-16/h1-3,5-6,8,10,13,22H,4,7,9,11-12H2,(H,20,24)/t13-,19+/m1/s1. The first kappa shape index (κ1) is 17.1. The summed E-state index contributed by atoms with van der Waals surface area (Å²) in [6, 6.07) is 10.6. The number of thiophene rings is 1. The van der Waals surface area contributed by atoms with Crippen molar-refractivity contribution < 1.29 is 19.4 Å². The molecule has 0 saturated carbocycles. The number of hydrogen-bond acceptors (Lipinski definition) is 5. The van der Waals surface area contributed by atoms with Crippen LogP contribution in [-0.2, 0) is 16.8 Å². The second-order valence-corrected chi connectivity index (χ2v) is 7.64. The van der Waals surface area contributed by atoms with Gasteiger partial charge in [-0.15, -0.1) is 11.3 Å². The third-order valence-corrected chi connectivity index (χ3v) is 5.90. The fraction of sp³-hybridized carbons (Fsp3) is 0.368. The molecule has 3 amide bonds. The highest BCUT2D eigenvalue weighted by Crippen LogP contribution is 2.42. The summed E-state index contributed by atoms with van der Waals surface area (Å²) in [7, 11) is 0. The SMILES string of the molecule is O=C1N[C@]2(CCCc3sccc32)C(=O)N1C[C@@H](O)COc1ccccc1. The van der Waals surface area contributed by atoms with Crippen LogP contribution in [0, 0.1) is 0 Å². The molecule has 2 heterocycles. The molecule has 1 aliphatic carbocycles. The van der Waals surface area contributed by atoms with Crippen molar-refractivity contribution in [1.29, 1.82) is 0 Å². The van der Waals surface area contributed by atoms with Crippen LogP contribution < -0.4 is 10.1 Å². The van der Waals surface area contributed by atoms with Gasteiger partial charge in [0.25, 0.3) is 5.91 Å². The number of ether oxygens (including phenoxy) is 1. The second-order valence-electron chi connectivity index (χ2n) is 6.64. The molecule has 1 fully saturated rings. The van der Waals surface area contributed by atoms with Gasteiger partial charge in [-0.3, -0.25) is 9.69 Å². The van der Waals surface area contributed by atoms with Crippen LogP contribution in [0.1, 0.15) is 23.3 Å². The number of carbonyl (C=O) groups is 2. The molecule has 6 nitrogen and oxygen atoms in total. The Balaban J connectivity index is 1.45. The van der Waals surface area contributed by atoms with Crippen LogP contribution in [0.5, 0.6) is 5.75 Å². The molecule has 1 spiro atoms. The summed E-state index contributed by atoms with van der Waals surface area (Å²) in [5.74, 6) is 0.357. The Morgan fingerprint density at radius 1 is 1.27 bits per heavy atom. The van der Waals surface area contributed by atoms with Crippen LogP contribution in [0.25, 0.3) is 0 Å². The summed E-state index contributed by atoms with van der Waals surface area (Å²) in [6.45, 7) is -0.0729. The number of imide groups is 1. The zero-order valence-electron chi connectivity index (χ0n) is 14.2. The molecule has 1 aromatic heterocycles. The smallest absolute Gasteiger partial charge is 0.325 e. The van der Waals surface area contributed by atoms with Crippen LogP contribution in [0.4, 0.5) is 4.79 Å². The monoisotopic (exact) mass is 372 g/mol. The number of nitrogens with one attached hydrogen (secondary N) is 1. The number of fused-ring (bicyclic) bond motifs is 2. The molecule has 7 heteroatoms. The van der Waals surface area contributed by atoms with Gasteiger partial charge in [-0.1, -0.05) is 18.2 Å². The number of urea groups is 1. The van der Waals surface area contributed by atoms with Crippen LogP contribution in [0.15, 0.2) is 41.8 Å². The number of aryl methyl sites for hydroxylation is 1. The molecule has 2 atom stereocenters. The van der Waals surface area contributed by atoms with Crippen molar-refractivity contribution in [3.8, 4) is 5.75 Å². The maximum Gasteiger partial charge on any atom is 0.325 e. The van der Waals surface area contributed by atoms with E-state index in [1.165, 1.54) is 0 Å². The van der Waals surface area contributed by atoms with E-state index in [9.17, 15) is 14.7 Å². The highest BCUT2D eigenvalue weighted by Gasteiger charge is 2.54. The lowest BCUT2D eigenvalue weighted by Gasteiger charge is -2.31. The van der Waals surface area contributed by atoms with Crippen molar-refractivity contribution in [1.82, 2.24) is 10.2 Å². The lowest BCUT2D eigenvalue weighted by molar-refractivity contribution is -0.133. The van der Waals surface area contributed by atoms with Crippen LogP contribution in [0.2, 0.25) is 0 Å². The molecule has 0 unspecified atom stereocenters. The number of carbonyl (C=O) groups excluding carboxylic acids is 2. The summed E-state index contributed by atoms with van der Waals surface area (Å²) < 4.78 is 5.51. The minimum absolute atomic E-state index is 0.0117. The number of aliphatic hydroxyl groups excluding tert-OH is 1. The molecule has 2 aromatic rings. The number of nitrogens with zero attached hydrogens (tertiary/aromatic N) is 1. The zero-order valence-corrected chi connectivity index (χ0v) is 15.0. The lowest BCUT2D eigenvalue weighted by Crippen LogP contribution is -2.46. The number of hydrogen-bond donors (Lipinski definition) is 2. The number of β-amino-alcohol motifs (C(OH)–C–C–N with tert-alkyl or cyclic N) is 1. The van der Waals surface area contributed by atoms with Gasteiger partial charge in [0, 0.05) is 10.4 Å². The Morgan fingerprint density at radius 3 is 2.88 bits per heavy atom. The van der Waals surface area contributed by atoms with Crippen molar-refractivity contribution in [3.63, 3.8) is 0 Å². The van der Waals surface area contributed by atoms with E-state index in [-0.39, 0.29) is 19.1 Å². The first-order chi connectivity index (χ1) is 12.6. The van der Waals surface area contributed by atoms with E-state index in [1.54, 1.807) is 23.5 Å². The third-order valence-electron chi connectivity index (χ3n) is 4.92. The van der Waals surface area contributed by atoms with Crippen LogP contribution in [-0.4, -0.2) is 41.2 Å². The molecule has 136 valence electrons.